The van der Waals surface area contributed by atoms with Gasteiger partial charge in [-0.15, -0.1) is 0 Å². The van der Waals surface area contributed by atoms with Crippen LogP contribution in [-0.2, 0) is 9.84 Å². The zero-order chi connectivity index (χ0) is 25.1. The summed E-state index contributed by atoms with van der Waals surface area (Å²) in [5.74, 6) is 0.728. The number of rotatable bonds is 9. The van der Waals surface area contributed by atoms with Crippen molar-refractivity contribution in [3.8, 4) is 28.4 Å². The molecule has 0 saturated carbocycles. The Hall–Kier alpha value is -4.25. The number of nitrogens with zero attached hydrogens (tertiary/aromatic N) is 4. The molecule has 0 spiro atoms. The number of anilines is 1. The van der Waals surface area contributed by atoms with Crippen molar-refractivity contribution < 1.29 is 22.0 Å². The fourth-order valence-electron chi connectivity index (χ4n) is 3.82. The highest BCUT2D eigenvalue weighted by atomic mass is 32.2. The second-order valence-electron chi connectivity index (χ2n) is 7.92. The van der Waals surface area contributed by atoms with E-state index in [2.05, 4.69) is 20.3 Å². The Balaban J connectivity index is 1.35. The highest BCUT2D eigenvalue weighted by Gasteiger charge is 2.20. The van der Waals surface area contributed by atoms with Crippen LogP contribution >= 0.6 is 0 Å². The van der Waals surface area contributed by atoms with Crippen LogP contribution in [0.3, 0.4) is 0 Å². The summed E-state index contributed by atoms with van der Waals surface area (Å²) in [7, 11) is -1.99. The number of nitrogens with one attached hydrogen (secondary N) is 1. The zero-order valence-electron chi connectivity index (χ0n) is 19.3. The molecule has 0 aliphatic heterocycles. The van der Waals surface area contributed by atoms with E-state index in [4.69, 9.17) is 9.15 Å². The Labute approximate surface area is 206 Å². The van der Waals surface area contributed by atoms with Crippen molar-refractivity contribution in [2.75, 3.05) is 24.7 Å². The number of imidazole rings is 1. The average Bonchev–Trinajstić information content (AvgIpc) is 3.48. The molecule has 0 bridgehead atoms. The lowest BCUT2D eigenvalue weighted by Crippen LogP contribution is -2.13. The van der Waals surface area contributed by atoms with Crippen LogP contribution in [0.1, 0.15) is 6.42 Å². The fourth-order valence-corrected chi connectivity index (χ4v) is 5.16. The standard InChI is InChI=1S/C25H22FN5O4S/c1-34-19-7-2-5-17(15-19)22-23(31-12-13-35-25(31)30-22)21-9-11-28-24(29-21)27-10-4-14-36(32,33)20-8-3-6-18(26)16-20/h2-3,5-9,11-13,15-16H,4,10,14H2,1H3,(H,27,28,29). The van der Waals surface area contributed by atoms with Crippen molar-refractivity contribution in [2.45, 2.75) is 11.3 Å². The van der Waals surface area contributed by atoms with Crippen LogP contribution in [0.2, 0.25) is 0 Å². The number of fused-ring (bicyclic) bond motifs is 1. The van der Waals surface area contributed by atoms with E-state index < -0.39 is 15.7 Å². The fraction of sp³-hybridized carbons (Fsp3) is 0.160. The van der Waals surface area contributed by atoms with E-state index in [1.807, 2.05) is 24.3 Å². The SMILES string of the molecule is COc1cccc(-c2nc3occn3c2-c2ccnc(NCCCS(=O)(=O)c3cccc(F)c3)n2)c1. The molecule has 0 aliphatic carbocycles. The van der Waals surface area contributed by atoms with Gasteiger partial charge in [0.2, 0.25) is 5.95 Å². The molecule has 11 heteroatoms. The van der Waals surface area contributed by atoms with Gasteiger partial charge < -0.3 is 14.5 Å². The topological polar surface area (TPSA) is 112 Å². The molecular weight excluding hydrogens is 485 g/mol. The zero-order valence-corrected chi connectivity index (χ0v) is 20.1. The van der Waals surface area contributed by atoms with Crippen LogP contribution < -0.4 is 10.1 Å². The van der Waals surface area contributed by atoms with Crippen molar-refractivity contribution in [1.29, 1.82) is 0 Å². The molecule has 1 N–H and O–H groups in total. The average molecular weight is 508 g/mol. The number of ether oxygens (including phenoxy) is 1. The maximum absolute atomic E-state index is 13.4. The van der Waals surface area contributed by atoms with Gasteiger partial charge in [-0.05, 0) is 42.8 Å². The molecule has 0 aliphatic rings. The summed E-state index contributed by atoms with van der Waals surface area (Å²) < 4.78 is 51.0. The van der Waals surface area contributed by atoms with E-state index in [0.29, 0.717) is 47.6 Å². The van der Waals surface area contributed by atoms with Crippen LogP contribution in [0.4, 0.5) is 10.3 Å². The Morgan fingerprint density at radius 1 is 1.11 bits per heavy atom. The maximum Gasteiger partial charge on any atom is 0.306 e. The number of methoxy groups -OCH3 is 1. The lowest BCUT2D eigenvalue weighted by atomic mass is 10.1. The Morgan fingerprint density at radius 2 is 1.97 bits per heavy atom. The first-order chi connectivity index (χ1) is 17.4. The predicted octanol–water partition coefficient (Wildman–Crippen LogP) is 4.47. The van der Waals surface area contributed by atoms with Crippen molar-refractivity contribution in [3.05, 3.63) is 79.1 Å². The molecule has 5 rings (SSSR count). The minimum Gasteiger partial charge on any atom is -0.497 e. The van der Waals surface area contributed by atoms with Crippen molar-refractivity contribution in [1.82, 2.24) is 19.4 Å². The van der Waals surface area contributed by atoms with Crippen LogP contribution in [-0.4, -0.2) is 47.2 Å². The summed E-state index contributed by atoms with van der Waals surface area (Å²) in [6.07, 6.45) is 5.21. The monoisotopic (exact) mass is 507 g/mol. The summed E-state index contributed by atoms with van der Waals surface area (Å²) in [5, 5.41) is 3.07. The lowest BCUT2D eigenvalue weighted by Gasteiger charge is -2.09. The number of halogens is 1. The molecule has 3 heterocycles. The first kappa shape index (κ1) is 23.5. The molecule has 5 aromatic rings. The van der Waals surface area contributed by atoms with Crippen LogP contribution in [0.5, 0.6) is 5.75 Å². The minimum atomic E-state index is -3.59. The molecule has 0 radical (unpaired) electrons. The van der Waals surface area contributed by atoms with E-state index in [1.54, 1.807) is 36.2 Å². The Bertz CT molecular complexity index is 1630. The summed E-state index contributed by atoms with van der Waals surface area (Å²) in [6.45, 7) is 0.314. The van der Waals surface area contributed by atoms with Gasteiger partial charge in [0.25, 0.3) is 0 Å². The largest absolute Gasteiger partial charge is 0.497 e. The molecule has 0 saturated heterocycles. The third-order valence-electron chi connectivity index (χ3n) is 5.53. The molecule has 2 aromatic carbocycles. The summed E-state index contributed by atoms with van der Waals surface area (Å²) >= 11 is 0. The number of oxazole rings is 1. The quantitative estimate of drug-likeness (QED) is 0.291. The van der Waals surface area contributed by atoms with Gasteiger partial charge in [0.05, 0.1) is 23.5 Å². The summed E-state index contributed by atoms with van der Waals surface area (Å²) in [6, 6.07) is 14.3. The Kier molecular flexibility index (Phi) is 6.38. The van der Waals surface area contributed by atoms with Gasteiger partial charge in [-0.25, -0.2) is 22.8 Å². The van der Waals surface area contributed by atoms with E-state index in [1.165, 1.54) is 18.2 Å². The van der Waals surface area contributed by atoms with Crippen molar-refractivity contribution in [2.24, 2.45) is 0 Å². The van der Waals surface area contributed by atoms with Gasteiger partial charge >= 0.3 is 5.84 Å². The third kappa shape index (κ3) is 4.78. The number of sulfone groups is 1. The lowest BCUT2D eigenvalue weighted by molar-refractivity contribution is 0.415. The Morgan fingerprint density at radius 3 is 2.81 bits per heavy atom. The van der Waals surface area contributed by atoms with Gasteiger partial charge in [0, 0.05) is 24.5 Å². The van der Waals surface area contributed by atoms with Crippen molar-refractivity contribution in [3.63, 3.8) is 0 Å². The normalized spacial score (nSPS) is 11.6. The van der Waals surface area contributed by atoms with Crippen LogP contribution in [0, 0.1) is 5.82 Å². The molecular formula is C25H22FN5O4S. The molecule has 3 aromatic heterocycles. The van der Waals surface area contributed by atoms with Gasteiger partial charge in [-0.2, -0.15) is 4.98 Å². The predicted molar refractivity (Wildman–Crippen MR) is 132 cm³/mol. The molecule has 0 amide bonds. The first-order valence-corrected chi connectivity index (χ1v) is 12.8. The van der Waals surface area contributed by atoms with E-state index in [9.17, 15) is 12.8 Å². The molecule has 184 valence electrons. The third-order valence-corrected chi connectivity index (χ3v) is 7.33. The van der Waals surface area contributed by atoms with Gasteiger partial charge in [-0.3, -0.25) is 4.40 Å². The highest BCUT2D eigenvalue weighted by Crippen LogP contribution is 2.33. The second-order valence-corrected chi connectivity index (χ2v) is 10.0. The minimum absolute atomic E-state index is 0.0318. The molecule has 36 heavy (non-hydrogen) atoms. The van der Waals surface area contributed by atoms with Gasteiger partial charge in [-0.1, -0.05) is 18.2 Å². The molecule has 0 atom stereocenters. The number of benzene rings is 2. The van der Waals surface area contributed by atoms with Crippen molar-refractivity contribution >= 4 is 21.6 Å². The van der Waals surface area contributed by atoms with E-state index in [0.717, 1.165) is 11.6 Å². The highest BCUT2D eigenvalue weighted by molar-refractivity contribution is 7.91. The van der Waals surface area contributed by atoms with E-state index in [-0.39, 0.29) is 10.6 Å². The first-order valence-electron chi connectivity index (χ1n) is 11.1. The van der Waals surface area contributed by atoms with Crippen LogP contribution in [0.15, 0.2) is 82.6 Å². The summed E-state index contributed by atoms with van der Waals surface area (Å²) in [4.78, 5) is 13.5. The summed E-state index contributed by atoms with van der Waals surface area (Å²) in [5.41, 5.74) is 2.82. The molecule has 9 nitrogen and oxygen atoms in total. The molecule has 0 unspecified atom stereocenters. The van der Waals surface area contributed by atoms with Gasteiger partial charge in [0.1, 0.15) is 29.2 Å². The van der Waals surface area contributed by atoms with Crippen LogP contribution in [0.25, 0.3) is 28.5 Å². The molecule has 0 fully saturated rings. The second kappa shape index (κ2) is 9.78. The number of hydrogen-bond acceptors (Lipinski definition) is 8. The maximum atomic E-state index is 13.4. The smallest absolute Gasteiger partial charge is 0.306 e. The van der Waals surface area contributed by atoms with E-state index >= 15 is 0 Å². The number of aromatic nitrogens is 4. The van der Waals surface area contributed by atoms with Gasteiger partial charge in [0.15, 0.2) is 9.84 Å². The number of hydrogen-bond donors (Lipinski definition) is 1.